The molecule has 4 rings (SSSR count). The largest absolute Gasteiger partial charge is 0.383 e. The van der Waals surface area contributed by atoms with Crippen LogP contribution >= 0.6 is 11.6 Å². The van der Waals surface area contributed by atoms with Gasteiger partial charge in [-0.05, 0) is 30.2 Å². The van der Waals surface area contributed by atoms with Crippen LogP contribution in [0.3, 0.4) is 0 Å². The average molecular weight is 459 g/mol. The molecule has 2 aliphatic rings. The van der Waals surface area contributed by atoms with Crippen LogP contribution in [-0.4, -0.2) is 56.3 Å². The molecule has 2 fully saturated rings. The molecule has 0 saturated carbocycles. The summed E-state index contributed by atoms with van der Waals surface area (Å²) in [5.41, 5.74) is 2.29. The first-order valence-electron chi connectivity index (χ1n) is 10.8. The molecular formula is C23H27ClN4O4. The minimum Gasteiger partial charge on any atom is -0.383 e. The molecule has 0 aliphatic carbocycles. The van der Waals surface area contributed by atoms with Crippen LogP contribution in [-0.2, 0) is 20.9 Å². The number of pyridine rings is 1. The second-order valence-corrected chi connectivity index (χ2v) is 8.42. The first-order chi connectivity index (χ1) is 15.5. The summed E-state index contributed by atoms with van der Waals surface area (Å²) in [6.45, 7) is 3.77. The van der Waals surface area contributed by atoms with E-state index in [1.165, 1.54) is 0 Å². The predicted octanol–water partition coefficient (Wildman–Crippen LogP) is 1.99. The molecule has 170 valence electrons. The Balaban J connectivity index is 1.48. The van der Waals surface area contributed by atoms with Crippen molar-refractivity contribution in [2.45, 2.75) is 25.3 Å². The van der Waals surface area contributed by atoms with Crippen LogP contribution in [0.15, 0.2) is 41.3 Å². The zero-order valence-corrected chi connectivity index (χ0v) is 18.8. The highest BCUT2D eigenvalue weighted by atomic mass is 35.5. The van der Waals surface area contributed by atoms with E-state index in [0.29, 0.717) is 62.9 Å². The third-order valence-corrected chi connectivity index (χ3v) is 6.53. The Morgan fingerprint density at radius 2 is 1.72 bits per heavy atom. The summed E-state index contributed by atoms with van der Waals surface area (Å²) in [5.74, 6) is -0.952. The summed E-state index contributed by atoms with van der Waals surface area (Å²) >= 11 is 6.74. The van der Waals surface area contributed by atoms with Crippen LogP contribution in [0.4, 0.5) is 11.4 Å². The molecule has 1 aromatic heterocycles. The van der Waals surface area contributed by atoms with Crippen LogP contribution < -0.4 is 20.7 Å². The summed E-state index contributed by atoms with van der Waals surface area (Å²) in [5, 5.41) is 2.96. The van der Waals surface area contributed by atoms with Gasteiger partial charge in [-0.25, -0.2) is 0 Å². The minimum atomic E-state index is -0.420. The van der Waals surface area contributed by atoms with Gasteiger partial charge in [-0.15, -0.1) is 0 Å². The van der Waals surface area contributed by atoms with Crippen molar-refractivity contribution >= 4 is 34.8 Å². The van der Waals surface area contributed by atoms with Crippen LogP contribution in [0.2, 0.25) is 5.02 Å². The second-order valence-electron chi connectivity index (χ2n) is 8.04. The number of methoxy groups -OCH3 is 1. The molecule has 0 spiro atoms. The first kappa shape index (κ1) is 22.4. The van der Waals surface area contributed by atoms with Gasteiger partial charge in [0, 0.05) is 52.5 Å². The monoisotopic (exact) mass is 458 g/mol. The number of halogens is 1. The fraction of sp³-hybridized carbons (Fsp3) is 0.435. The molecule has 2 amide bonds. The molecule has 8 nitrogen and oxygen atoms in total. The molecule has 2 aliphatic heterocycles. The van der Waals surface area contributed by atoms with Gasteiger partial charge in [0.05, 0.1) is 23.2 Å². The number of hydrogen-bond acceptors (Lipinski definition) is 6. The van der Waals surface area contributed by atoms with Crippen molar-refractivity contribution in [1.29, 1.82) is 0 Å². The van der Waals surface area contributed by atoms with E-state index in [-0.39, 0.29) is 17.4 Å². The lowest BCUT2D eigenvalue weighted by Crippen LogP contribution is -2.48. The molecule has 2 aromatic rings. The van der Waals surface area contributed by atoms with Crippen molar-refractivity contribution in [1.82, 2.24) is 9.88 Å². The Labute approximate surface area is 191 Å². The molecule has 9 heteroatoms. The maximum absolute atomic E-state index is 12.8. The fourth-order valence-electron chi connectivity index (χ4n) is 4.36. The quantitative estimate of drug-likeness (QED) is 0.666. The fourth-order valence-corrected chi connectivity index (χ4v) is 4.74. The number of amides is 2. The summed E-state index contributed by atoms with van der Waals surface area (Å²) in [4.78, 5) is 40.9. The topological polar surface area (TPSA) is 83.9 Å². The van der Waals surface area contributed by atoms with Crippen molar-refractivity contribution in [2.24, 2.45) is 0 Å². The number of anilines is 2. The van der Waals surface area contributed by atoms with Crippen LogP contribution in [0, 0.1) is 0 Å². The van der Waals surface area contributed by atoms with Gasteiger partial charge in [-0.1, -0.05) is 23.7 Å². The number of nitrogens with zero attached hydrogens (tertiary/aromatic N) is 3. The van der Waals surface area contributed by atoms with Gasteiger partial charge in [-0.2, -0.15) is 0 Å². The number of hydrogen-bond donors (Lipinski definition) is 1. The Morgan fingerprint density at radius 3 is 2.41 bits per heavy atom. The number of benzene rings is 1. The Bertz CT molecular complexity index is 1060. The van der Waals surface area contributed by atoms with Gasteiger partial charge in [0.15, 0.2) is 0 Å². The Kier molecular flexibility index (Phi) is 6.81. The van der Waals surface area contributed by atoms with E-state index >= 15 is 0 Å². The summed E-state index contributed by atoms with van der Waals surface area (Å²) in [6.07, 6.45) is 2.56. The maximum Gasteiger partial charge on any atom is 0.274 e. The van der Waals surface area contributed by atoms with E-state index < -0.39 is 5.92 Å². The third kappa shape index (κ3) is 4.52. The lowest BCUT2D eigenvalue weighted by Gasteiger charge is -2.38. The Hall–Kier alpha value is -2.84. The van der Waals surface area contributed by atoms with E-state index in [1.807, 2.05) is 30.3 Å². The predicted molar refractivity (Wildman–Crippen MR) is 124 cm³/mol. The average Bonchev–Trinajstić information content (AvgIpc) is 2.79. The molecule has 1 aromatic carbocycles. The highest BCUT2D eigenvalue weighted by Crippen LogP contribution is 2.37. The van der Waals surface area contributed by atoms with E-state index in [9.17, 15) is 14.4 Å². The van der Waals surface area contributed by atoms with Crippen molar-refractivity contribution < 1.29 is 14.3 Å². The third-order valence-electron chi connectivity index (χ3n) is 6.12. The zero-order chi connectivity index (χ0) is 22.7. The second kappa shape index (κ2) is 9.75. The number of ether oxygens (including phenoxy) is 1. The van der Waals surface area contributed by atoms with E-state index in [4.69, 9.17) is 16.3 Å². The number of rotatable bonds is 6. The number of imide groups is 1. The van der Waals surface area contributed by atoms with Gasteiger partial charge in [0.25, 0.3) is 5.56 Å². The van der Waals surface area contributed by atoms with E-state index in [2.05, 4.69) is 15.1 Å². The number of nitrogens with one attached hydrogen (secondary N) is 1. The number of piperazine rings is 1. The van der Waals surface area contributed by atoms with Gasteiger partial charge in [-0.3, -0.25) is 19.7 Å². The van der Waals surface area contributed by atoms with Crippen LogP contribution in [0.25, 0.3) is 0 Å². The number of carbonyl (C=O) groups excluding carboxylic acids is 2. The maximum atomic E-state index is 12.8. The smallest absolute Gasteiger partial charge is 0.274 e. The van der Waals surface area contributed by atoms with Gasteiger partial charge < -0.3 is 19.1 Å². The van der Waals surface area contributed by atoms with E-state index in [0.717, 1.165) is 11.3 Å². The van der Waals surface area contributed by atoms with Crippen LogP contribution in [0.5, 0.6) is 0 Å². The number of piperidine rings is 1. The molecule has 1 unspecified atom stereocenters. The lowest BCUT2D eigenvalue weighted by molar-refractivity contribution is -0.134. The van der Waals surface area contributed by atoms with Crippen LogP contribution in [0.1, 0.15) is 24.3 Å². The summed E-state index contributed by atoms with van der Waals surface area (Å²) in [7, 11) is 1.62. The molecule has 32 heavy (non-hydrogen) atoms. The summed E-state index contributed by atoms with van der Waals surface area (Å²) < 4.78 is 6.76. The molecule has 3 heterocycles. The molecule has 1 N–H and O–H groups in total. The lowest BCUT2D eigenvalue weighted by atomic mass is 9.90. The normalized spacial score (nSPS) is 19.2. The minimum absolute atomic E-state index is 0.0177. The molecule has 1 atom stereocenters. The SMILES string of the molecule is COCCn1cccc(N2CCN(c3cccc(C4CCC(=O)NC4=O)c3Cl)CC2)c1=O. The van der Waals surface area contributed by atoms with Crippen molar-refractivity contribution in [3.05, 3.63) is 57.5 Å². The van der Waals surface area contributed by atoms with Gasteiger partial charge >= 0.3 is 0 Å². The van der Waals surface area contributed by atoms with Crippen molar-refractivity contribution in [3.8, 4) is 0 Å². The Morgan fingerprint density at radius 1 is 1.03 bits per heavy atom. The van der Waals surface area contributed by atoms with E-state index in [1.54, 1.807) is 17.9 Å². The highest BCUT2D eigenvalue weighted by molar-refractivity contribution is 6.34. The molecule has 0 radical (unpaired) electrons. The highest BCUT2D eigenvalue weighted by Gasteiger charge is 2.31. The zero-order valence-electron chi connectivity index (χ0n) is 18.1. The van der Waals surface area contributed by atoms with Crippen molar-refractivity contribution in [3.63, 3.8) is 0 Å². The number of carbonyl (C=O) groups is 2. The van der Waals surface area contributed by atoms with Crippen molar-refractivity contribution in [2.75, 3.05) is 49.7 Å². The molecule has 2 saturated heterocycles. The first-order valence-corrected chi connectivity index (χ1v) is 11.2. The molecule has 0 bridgehead atoms. The standard InChI is InChI=1S/C23H27ClN4O4/c1-32-15-14-28-9-3-6-19(23(28)31)27-12-10-26(11-13-27)18-5-2-4-16(21(18)24)17-7-8-20(29)25-22(17)30/h2-6,9,17H,7-8,10-15H2,1H3,(H,25,29,30). The van der Waals surface area contributed by atoms with Gasteiger partial charge in [0.1, 0.15) is 5.69 Å². The summed E-state index contributed by atoms with van der Waals surface area (Å²) in [6, 6.07) is 9.46. The van der Waals surface area contributed by atoms with Gasteiger partial charge in [0.2, 0.25) is 11.8 Å². The number of aromatic nitrogens is 1. The molecular weight excluding hydrogens is 432 g/mol.